The van der Waals surface area contributed by atoms with Gasteiger partial charge in [-0.1, -0.05) is 0 Å². The van der Waals surface area contributed by atoms with E-state index in [1.807, 2.05) is 0 Å². The van der Waals surface area contributed by atoms with E-state index in [0.29, 0.717) is 0 Å². The van der Waals surface area contributed by atoms with Crippen LogP contribution in [0.15, 0.2) is 23.4 Å². The van der Waals surface area contributed by atoms with Crippen LogP contribution < -0.4 is 0 Å². The molecule has 0 aliphatic carbocycles. The van der Waals surface area contributed by atoms with Crippen molar-refractivity contribution in [2.75, 3.05) is 0 Å². The van der Waals surface area contributed by atoms with Crippen LogP contribution in [0.5, 0.6) is 0 Å². The number of thioether (sulfide) groups is 1. The Morgan fingerprint density at radius 3 is 2.58 bits per heavy atom. The lowest BCUT2D eigenvalue weighted by Gasteiger charge is -2.04. The van der Waals surface area contributed by atoms with Crippen molar-refractivity contribution < 1.29 is 13.2 Å². The Bertz CT molecular complexity index is 272. The first-order chi connectivity index (χ1) is 5.47. The number of aromatic nitrogens is 1. The Hall–Kier alpha value is -0.710. The van der Waals surface area contributed by atoms with Crippen molar-refractivity contribution in [3.8, 4) is 0 Å². The van der Waals surface area contributed by atoms with Crippen LogP contribution in [0.1, 0.15) is 5.56 Å². The summed E-state index contributed by atoms with van der Waals surface area (Å²) in [5, 5.41) is -0.0116. The van der Waals surface area contributed by atoms with Crippen molar-refractivity contribution in [2.24, 2.45) is 0 Å². The second kappa shape index (κ2) is 3.35. The van der Waals surface area contributed by atoms with Gasteiger partial charge in [0.15, 0.2) is 0 Å². The Morgan fingerprint density at radius 1 is 1.42 bits per heavy atom. The molecule has 1 heterocycles. The molecule has 0 aliphatic rings. The molecule has 0 spiro atoms. The second-order valence-corrected chi connectivity index (χ2v) is 3.30. The lowest BCUT2D eigenvalue weighted by atomic mass is 10.3. The summed E-state index contributed by atoms with van der Waals surface area (Å²) in [6.45, 7) is 1.72. The molecule has 66 valence electrons. The summed E-state index contributed by atoms with van der Waals surface area (Å²) in [5.74, 6) is 0. The number of aryl methyl sites for hydroxylation is 1. The van der Waals surface area contributed by atoms with Crippen LogP contribution >= 0.6 is 11.8 Å². The van der Waals surface area contributed by atoms with Crippen LogP contribution in [0.25, 0.3) is 0 Å². The lowest BCUT2D eigenvalue weighted by Crippen LogP contribution is -2.00. The molecule has 1 aromatic heterocycles. The topological polar surface area (TPSA) is 12.9 Å². The molecule has 0 saturated heterocycles. The third-order valence-corrected chi connectivity index (χ3v) is 1.77. The summed E-state index contributed by atoms with van der Waals surface area (Å²) in [6, 6.07) is 3.05. The van der Waals surface area contributed by atoms with Crippen molar-refractivity contribution in [3.63, 3.8) is 0 Å². The number of hydrogen-bond acceptors (Lipinski definition) is 2. The van der Waals surface area contributed by atoms with Gasteiger partial charge in [-0.2, -0.15) is 13.2 Å². The third kappa shape index (κ3) is 3.13. The molecular weight excluding hydrogens is 187 g/mol. The van der Waals surface area contributed by atoms with Crippen molar-refractivity contribution in [1.82, 2.24) is 4.98 Å². The van der Waals surface area contributed by atoms with E-state index in [2.05, 4.69) is 4.98 Å². The summed E-state index contributed by atoms with van der Waals surface area (Å²) in [4.78, 5) is 3.57. The van der Waals surface area contributed by atoms with Crippen LogP contribution in [-0.4, -0.2) is 10.5 Å². The number of pyridine rings is 1. The highest BCUT2D eigenvalue weighted by Crippen LogP contribution is 2.35. The standard InChI is InChI=1S/C7H6F3NS/c1-5-2-3-11-6(4-5)12-7(8,9)10/h2-4H,1H3. The molecule has 1 rings (SSSR count). The number of hydrogen-bond donors (Lipinski definition) is 0. The largest absolute Gasteiger partial charge is 0.447 e. The molecule has 12 heavy (non-hydrogen) atoms. The van der Waals surface area contributed by atoms with Gasteiger partial charge in [0.05, 0.1) is 0 Å². The SMILES string of the molecule is Cc1ccnc(SC(F)(F)F)c1. The fraction of sp³-hybridized carbons (Fsp3) is 0.286. The predicted molar refractivity (Wildman–Crippen MR) is 40.9 cm³/mol. The summed E-state index contributed by atoms with van der Waals surface area (Å²) in [5.41, 5.74) is -3.47. The van der Waals surface area contributed by atoms with E-state index < -0.39 is 5.51 Å². The second-order valence-electron chi connectivity index (χ2n) is 2.22. The lowest BCUT2D eigenvalue weighted by molar-refractivity contribution is -0.0329. The number of alkyl halides is 3. The van der Waals surface area contributed by atoms with Gasteiger partial charge in [0, 0.05) is 18.0 Å². The Labute approximate surface area is 72.0 Å². The molecule has 0 bridgehead atoms. The van der Waals surface area contributed by atoms with Crippen molar-refractivity contribution >= 4 is 11.8 Å². The van der Waals surface area contributed by atoms with Crippen LogP contribution in [-0.2, 0) is 0 Å². The molecule has 0 fully saturated rings. The first-order valence-corrected chi connectivity index (χ1v) is 3.97. The quantitative estimate of drug-likeness (QED) is 0.636. The number of halogens is 3. The summed E-state index contributed by atoms with van der Waals surface area (Å²) < 4.78 is 35.4. The Morgan fingerprint density at radius 2 is 2.08 bits per heavy atom. The van der Waals surface area contributed by atoms with Crippen LogP contribution in [0.4, 0.5) is 13.2 Å². The molecule has 0 aromatic carbocycles. The van der Waals surface area contributed by atoms with Crippen LogP contribution in [0.2, 0.25) is 0 Å². The normalized spacial score (nSPS) is 11.7. The first-order valence-electron chi connectivity index (χ1n) is 3.16. The van der Waals surface area contributed by atoms with Gasteiger partial charge in [0.25, 0.3) is 0 Å². The van der Waals surface area contributed by atoms with E-state index in [1.165, 1.54) is 12.3 Å². The van der Waals surface area contributed by atoms with Gasteiger partial charge in [0.2, 0.25) is 0 Å². The number of nitrogens with zero attached hydrogens (tertiary/aromatic N) is 1. The van der Waals surface area contributed by atoms with E-state index in [-0.39, 0.29) is 16.8 Å². The highest BCUT2D eigenvalue weighted by molar-refractivity contribution is 8.00. The molecule has 0 radical (unpaired) electrons. The van der Waals surface area contributed by atoms with E-state index in [4.69, 9.17) is 0 Å². The van der Waals surface area contributed by atoms with Gasteiger partial charge >= 0.3 is 5.51 Å². The highest BCUT2D eigenvalue weighted by atomic mass is 32.2. The van der Waals surface area contributed by atoms with Gasteiger partial charge in [-0.05, 0) is 24.6 Å². The smallest absolute Gasteiger partial charge is 0.250 e. The average Bonchev–Trinajstić information content (AvgIpc) is 1.82. The summed E-state index contributed by atoms with van der Waals surface area (Å²) >= 11 is -0.196. The fourth-order valence-electron chi connectivity index (χ4n) is 0.683. The molecule has 0 amide bonds. The van der Waals surface area contributed by atoms with Crippen molar-refractivity contribution in [2.45, 2.75) is 17.5 Å². The first kappa shape index (κ1) is 9.38. The zero-order valence-electron chi connectivity index (χ0n) is 6.22. The highest BCUT2D eigenvalue weighted by Gasteiger charge is 2.29. The van der Waals surface area contributed by atoms with Crippen molar-refractivity contribution in [3.05, 3.63) is 23.9 Å². The molecule has 0 unspecified atom stereocenters. The van der Waals surface area contributed by atoms with E-state index in [0.717, 1.165) is 5.56 Å². The van der Waals surface area contributed by atoms with E-state index in [1.54, 1.807) is 13.0 Å². The monoisotopic (exact) mass is 193 g/mol. The van der Waals surface area contributed by atoms with Gasteiger partial charge < -0.3 is 0 Å². The maximum Gasteiger partial charge on any atom is 0.447 e. The zero-order chi connectivity index (χ0) is 9.19. The minimum Gasteiger partial charge on any atom is -0.250 e. The zero-order valence-corrected chi connectivity index (χ0v) is 7.04. The molecule has 0 atom stereocenters. The molecule has 5 heteroatoms. The third-order valence-electron chi connectivity index (χ3n) is 1.11. The van der Waals surface area contributed by atoms with Gasteiger partial charge in [-0.3, -0.25) is 0 Å². The Kier molecular flexibility index (Phi) is 2.62. The molecule has 0 N–H and O–H groups in total. The van der Waals surface area contributed by atoms with E-state index >= 15 is 0 Å². The molecule has 0 aliphatic heterocycles. The Balaban J connectivity index is 2.77. The minimum absolute atomic E-state index is 0.0116. The van der Waals surface area contributed by atoms with Crippen molar-refractivity contribution in [1.29, 1.82) is 0 Å². The van der Waals surface area contributed by atoms with Crippen LogP contribution in [0, 0.1) is 6.92 Å². The molecule has 1 aromatic rings. The molecular formula is C7H6F3NS. The molecule has 0 saturated carbocycles. The fourth-order valence-corrected chi connectivity index (χ4v) is 1.28. The van der Waals surface area contributed by atoms with Gasteiger partial charge in [0.1, 0.15) is 5.03 Å². The maximum absolute atomic E-state index is 11.8. The van der Waals surface area contributed by atoms with Gasteiger partial charge in [-0.15, -0.1) is 0 Å². The van der Waals surface area contributed by atoms with Crippen LogP contribution in [0.3, 0.4) is 0 Å². The predicted octanol–water partition coefficient (Wildman–Crippen LogP) is 3.00. The summed E-state index contributed by atoms with van der Waals surface area (Å²) in [7, 11) is 0. The minimum atomic E-state index is -4.25. The molecule has 1 nitrogen and oxygen atoms in total. The van der Waals surface area contributed by atoms with Gasteiger partial charge in [-0.25, -0.2) is 4.98 Å². The van der Waals surface area contributed by atoms with E-state index in [9.17, 15) is 13.2 Å². The number of rotatable bonds is 1. The summed E-state index contributed by atoms with van der Waals surface area (Å²) in [6.07, 6.45) is 1.36. The maximum atomic E-state index is 11.8. The average molecular weight is 193 g/mol.